The van der Waals surface area contributed by atoms with E-state index >= 15 is 0 Å². The summed E-state index contributed by atoms with van der Waals surface area (Å²) in [5, 5.41) is 37.6. The molecule has 6 saturated heterocycles. The Kier molecular flexibility index (Phi) is 28.1. The maximum atomic E-state index is 7.89. The van der Waals surface area contributed by atoms with Crippen LogP contribution in [-0.4, -0.2) is 176 Å². The molecule has 0 aromatic heterocycles. The lowest BCUT2D eigenvalue weighted by Crippen LogP contribution is -2.68. The molecular weight excluding hydrogens is 1260 g/mol. The molecule has 8 saturated carbocycles. The molecule has 34 atom stereocenters. The summed E-state index contributed by atoms with van der Waals surface area (Å²) in [5.41, 5.74) is 0. The minimum absolute atomic E-state index is 0.0105. The van der Waals surface area contributed by atoms with E-state index < -0.39 is 0 Å². The average Bonchev–Trinajstić information content (AvgIpc) is 1.58. The predicted molar refractivity (Wildman–Crippen MR) is 402 cm³/mol. The number of fused-ring (bicyclic) bond motifs is 25. The van der Waals surface area contributed by atoms with E-state index in [0.717, 1.165) is 187 Å². The van der Waals surface area contributed by atoms with Gasteiger partial charge >= 0.3 is 0 Å². The zero-order chi connectivity index (χ0) is 69.5. The maximum absolute atomic E-state index is 7.89. The van der Waals surface area contributed by atoms with Crippen LogP contribution in [0.5, 0.6) is 0 Å². The highest BCUT2D eigenvalue weighted by atomic mass is 16.5. The van der Waals surface area contributed by atoms with Crippen molar-refractivity contribution in [2.24, 2.45) is 101 Å². The smallest absolute Gasteiger partial charge is 0.0792 e. The minimum atomic E-state index is -0.0850. The minimum Gasteiger partial charge on any atom is -0.378 e. The van der Waals surface area contributed by atoms with Crippen LogP contribution in [0, 0.1) is 101 Å². The SMILES string of the molecule is CCCCOC1C2CCCCC2C(OCCCC)C2C3NC(NC4NC(NC5C6C(OCCCC)C7CCCNC7C(OCCCC)C6C(NC6NC(N3)C3C(OCCCC)C7CC8CCCCC8CC7C(OCCCC)C63)N5C)C3C(OCCCC)C5CCCCC5C(OCCCC)C43)C12. The van der Waals surface area contributed by atoms with E-state index in [2.05, 4.69) is 83.3 Å². The number of hydrogen-bond donors (Lipinski definition) is 8. The second-order valence-electron chi connectivity index (χ2n) is 35.8. The van der Waals surface area contributed by atoms with Crippen molar-refractivity contribution in [3.05, 3.63) is 0 Å². The second kappa shape index (κ2) is 36.9. The topological polar surface area (TPSA) is 173 Å². The van der Waals surface area contributed by atoms with Crippen LogP contribution in [0.4, 0.5) is 0 Å². The number of rotatable bonds is 32. The van der Waals surface area contributed by atoms with Gasteiger partial charge in [0.2, 0.25) is 0 Å². The lowest BCUT2D eigenvalue weighted by atomic mass is 9.54. The van der Waals surface area contributed by atoms with Crippen molar-refractivity contribution in [2.45, 2.75) is 365 Å². The zero-order valence-corrected chi connectivity index (χ0v) is 65.3. The summed E-state index contributed by atoms with van der Waals surface area (Å²) in [6, 6.07) is 0.193. The van der Waals surface area contributed by atoms with Crippen molar-refractivity contribution in [3.8, 4) is 0 Å². The van der Waals surface area contributed by atoms with Gasteiger partial charge < -0.3 is 43.2 Å². The molecule has 14 rings (SSSR count). The first-order valence-corrected chi connectivity index (χ1v) is 44.5. The molecule has 0 radical (unpaired) electrons. The fourth-order valence-corrected chi connectivity index (χ4v) is 25.5. The van der Waals surface area contributed by atoms with Gasteiger partial charge in [-0.05, 0) is 164 Å². The zero-order valence-electron chi connectivity index (χ0n) is 65.3. The van der Waals surface area contributed by atoms with Gasteiger partial charge in [0.25, 0.3) is 0 Å². The Morgan fingerprint density at radius 3 is 0.822 bits per heavy atom. The van der Waals surface area contributed by atoms with Gasteiger partial charge in [-0.15, -0.1) is 0 Å². The van der Waals surface area contributed by atoms with Crippen molar-refractivity contribution < 1.29 is 37.9 Å². The average molecular weight is 1420 g/mol. The summed E-state index contributed by atoms with van der Waals surface area (Å²) in [4.78, 5) is 2.83. The molecule has 8 N–H and O–H groups in total. The number of nitrogens with one attached hydrogen (secondary N) is 8. The predicted octanol–water partition coefficient (Wildman–Crippen LogP) is 13.0. The molecule has 34 unspecified atom stereocenters. The standard InChI is InChI=1S/C84H151N9O8/c1-10-18-41-94-69-53-35-28-29-36-54(53)70(95-42-19-11-2)61-60(69)77-86-78(61)88-80-64-65(75(100-47-24-16-7)59-50-52-34-27-26-33-51(52)49-58(59)74(64)99-46-23-15-6)82(90-80)92-84-67-66(73(98-45-22-14-5)57-39-32-40-85-68(57)76(67)101-48-25-17-8)83(93(84)9)91-81-63-62(79(87-77)89-81)71(96-43-20-12-3)55-37-30-31-38-56(55)72(63)97-44-21-13-4/h51-92H,10-50H2,1-9H3. The van der Waals surface area contributed by atoms with Crippen LogP contribution >= 0.6 is 0 Å². The Hall–Kier alpha value is -0.680. The lowest BCUT2D eigenvalue weighted by Gasteiger charge is -2.56. The van der Waals surface area contributed by atoms with E-state index in [-0.39, 0.29) is 152 Å². The first kappa shape index (κ1) is 77.1. The van der Waals surface area contributed by atoms with Gasteiger partial charge in [0, 0.05) is 112 Å². The number of hydrogen-bond acceptors (Lipinski definition) is 17. The number of piperidine rings is 1. The summed E-state index contributed by atoms with van der Waals surface area (Å²) in [6.07, 6.45) is 37.8. The molecule has 580 valence electrons. The van der Waals surface area contributed by atoms with Crippen LogP contribution in [0.15, 0.2) is 0 Å². The second-order valence-corrected chi connectivity index (χ2v) is 35.8. The fraction of sp³-hybridized carbons (Fsp3) is 1.00. The van der Waals surface area contributed by atoms with Crippen LogP contribution in [0.1, 0.15) is 261 Å². The van der Waals surface area contributed by atoms with Crippen LogP contribution < -0.4 is 42.5 Å². The van der Waals surface area contributed by atoms with Gasteiger partial charge in [-0.1, -0.05) is 158 Å². The van der Waals surface area contributed by atoms with E-state index in [4.69, 9.17) is 64.5 Å². The molecule has 8 aliphatic carbocycles. The summed E-state index contributed by atoms with van der Waals surface area (Å²) in [5.74, 6) is 5.59. The number of ether oxygens (including phenoxy) is 8. The Balaban J connectivity index is 0.970. The van der Waals surface area contributed by atoms with Gasteiger partial charge in [0.05, 0.1) is 98.2 Å². The number of unbranched alkanes of at least 4 members (excludes halogenated alkanes) is 8. The van der Waals surface area contributed by atoms with Crippen LogP contribution in [0.3, 0.4) is 0 Å². The summed E-state index contributed by atoms with van der Waals surface area (Å²) < 4.78 is 62.2. The molecular formula is C84H151N9O8. The maximum Gasteiger partial charge on any atom is 0.0792 e. The molecule has 17 heteroatoms. The van der Waals surface area contributed by atoms with E-state index in [1.807, 2.05) is 0 Å². The van der Waals surface area contributed by atoms with Crippen LogP contribution in [0.2, 0.25) is 0 Å². The first-order chi connectivity index (χ1) is 49.8. The molecule has 0 amide bonds. The molecule has 101 heavy (non-hydrogen) atoms. The Morgan fingerprint density at radius 2 is 0.515 bits per heavy atom. The third kappa shape index (κ3) is 15.9. The largest absolute Gasteiger partial charge is 0.378 e. The highest BCUT2D eigenvalue weighted by molar-refractivity contribution is 5.21. The Labute approximate surface area is 614 Å². The van der Waals surface area contributed by atoms with Gasteiger partial charge in [0.1, 0.15) is 0 Å². The molecule has 6 aliphatic heterocycles. The van der Waals surface area contributed by atoms with Crippen molar-refractivity contribution in [1.29, 1.82) is 0 Å². The Morgan fingerprint density at radius 1 is 0.267 bits per heavy atom. The van der Waals surface area contributed by atoms with E-state index in [9.17, 15) is 0 Å². The third-order valence-electron chi connectivity index (χ3n) is 30.1. The van der Waals surface area contributed by atoms with E-state index in [1.54, 1.807) is 0 Å². The molecule has 14 fully saturated rings. The molecule has 6 heterocycles. The molecule has 0 aromatic carbocycles. The van der Waals surface area contributed by atoms with Crippen LogP contribution in [-0.2, 0) is 37.9 Å². The number of nitrogens with zero attached hydrogens (tertiary/aromatic N) is 1. The van der Waals surface area contributed by atoms with Crippen LogP contribution in [0.25, 0.3) is 0 Å². The lowest BCUT2D eigenvalue weighted by molar-refractivity contribution is -0.188. The quantitative estimate of drug-likeness (QED) is 0.0299. The van der Waals surface area contributed by atoms with Crippen molar-refractivity contribution >= 4 is 0 Å². The van der Waals surface area contributed by atoms with Crippen molar-refractivity contribution in [1.82, 2.24) is 47.4 Å². The Bertz CT molecular complexity index is 2460. The molecule has 17 nitrogen and oxygen atoms in total. The molecule has 8 bridgehead atoms. The normalized spacial score (nSPS) is 46.9. The van der Waals surface area contributed by atoms with Gasteiger partial charge in [-0.3, -0.25) is 42.1 Å². The molecule has 0 aromatic rings. The van der Waals surface area contributed by atoms with Gasteiger partial charge in [-0.2, -0.15) is 0 Å². The monoisotopic (exact) mass is 1410 g/mol. The van der Waals surface area contributed by atoms with Crippen molar-refractivity contribution in [3.63, 3.8) is 0 Å². The first-order valence-electron chi connectivity index (χ1n) is 44.5. The third-order valence-corrected chi connectivity index (χ3v) is 30.1. The van der Waals surface area contributed by atoms with E-state index in [0.29, 0.717) is 41.4 Å². The summed E-state index contributed by atoms with van der Waals surface area (Å²) >= 11 is 0. The molecule has 14 aliphatic rings. The van der Waals surface area contributed by atoms with Crippen molar-refractivity contribution in [2.75, 3.05) is 66.4 Å². The van der Waals surface area contributed by atoms with Gasteiger partial charge in [-0.25, -0.2) is 0 Å². The molecule has 0 spiro atoms. The highest BCUT2D eigenvalue weighted by Gasteiger charge is 2.70. The fourth-order valence-electron chi connectivity index (χ4n) is 25.5. The van der Waals surface area contributed by atoms with E-state index in [1.165, 1.54) is 89.9 Å². The summed E-state index contributed by atoms with van der Waals surface area (Å²) in [7, 11) is 2.51. The van der Waals surface area contributed by atoms with Gasteiger partial charge in [0.15, 0.2) is 0 Å². The highest BCUT2D eigenvalue weighted by Crippen LogP contribution is 2.60. The summed E-state index contributed by atoms with van der Waals surface area (Å²) in [6.45, 7) is 26.1.